The number of nitrogens with zero attached hydrogens (tertiary/aromatic N) is 6. The van der Waals surface area contributed by atoms with E-state index in [0.29, 0.717) is 80.0 Å². The number of rotatable bonds is 19. The van der Waals surface area contributed by atoms with Crippen LogP contribution in [0, 0.1) is 6.92 Å². The first-order valence-corrected chi connectivity index (χ1v) is 21.7. The molecule has 0 aliphatic carbocycles. The Hall–Kier alpha value is -3.97. The summed E-state index contributed by atoms with van der Waals surface area (Å²) in [5, 5.41) is 69.8. The Kier molecular flexibility index (Phi) is 22.6. The van der Waals surface area contributed by atoms with E-state index in [4.69, 9.17) is 19.9 Å². The van der Waals surface area contributed by atoms with Crippen molar-refractivity contribution in [1.82, 2.24) is 0 Å². The van der Waals surface area contributed by atoms with Crippen molar-refractivity contribution in [1.29, 1.82) is 0 Å². The van der Waals surface area contributed by atoms with Crippen LogP contribution in [0.5, 0.6) is 23.0 Å². The van der Waals surface area contributed by atoms with Gasteiger partial charge in [-0.2, -0.15) is 24.0 Å². The summed E-state index contributed by atoms with van der Waals surface area (Å²) in [4.78, 5) is -0.185. The Bertz CT molecular complexity index is 3120. The molecule has 69 heavy (non-hydrogen) atoms. The molecule has 7 aromatic rings. The number of nitrogens with one attached hydrogen (secondary N) is 1. The summed E-state index contributed by atoms with van der Waals surface area (Å²) in [5.41, 5.74) is 9.28. The molecule has 7 aromatic carbocycles. The quantitative estimate of drug-likeness (QED) is 0.0147. The van der Waals surface area contributed by atoms with Crippen molar-refractivity contribution < 1.29 is 150 Å². The van der Waals surface area contributed by atoms with Gasteiger partial charge in [0.15, 0.2) is 12.5 Å². The molecule has 0 unspecified atom stereocenters. The minimum atomic E-state index is -4.94. The van der Waals surface area contributed by atoms with Gasteiger partial charge in [-0.15, -0.1) is 15.3 Å². The van der Waals surface area contributed by atoms with E-state index in [1.165, 1.54) is 32.4 Å². The number of aromatic hydroxyl groups is 1. The second-order valence-corrected chi connectivity index (χ2v) is 16.4. The number of phenolic OH excluding ortho intramolecular Hbond substituents is 1. The van der Waals surface area contributed by atoms with Crippen LogP contribution in [0.3, 0.4) is 0 Å². The number of nitrogen functional groups attached to an aromatic ring is 1. The number of hydrogen-bond donors (Lipinski definition) is 3. The first-order chi connectivity index (χ1) is 31.9. The molecule has 0 aromatic heterocycles. The minimum Gasteiger partial charge on any atom is -0.744 e. The van der Waals surface area contributed by atoms with E-state index >= 15 is 0 Å². The Morgan fingerprint density at radius 3 is 2.01 bits per heavy atom. The van der Waals surface area contributed by atoms with Crippen molar-refractivity contribution in [3.63, 3.8) is 0 Å². The first kappa shape index (κ1) is 57.6. The predicted octanol–water partition coefficient (Wildman–Crippen LogP) is 0.678. The molecule has 0 atom stereocenters. The van der Waals surface area contributed by atoms with Crippen LogP contribution in [0.1, 0.15) is 5.56 Å². The maximum absolute atomic E-state index is 12.1. The summed E-state index contributed by atoms with van der Waals surface area (Å²) in [5.74, 6) is 0.939. The van der Waals surface area contributed by atoms with E-state index in [2.05, 4.69) is 54.7 Å². The molecule has 0 saturated heterocycles. The monoisotopic (exact) mass is 1020 g/mol. The molecule has 27 heteroatoms. The fraction of sp³-hybridized carbons (Fsp3) is 0.0952. The van der Waals surface area contributed by atoms with E-state index in [-0.39, 0.29) is 145 Å². The predicted molar refractivity (Wildman–Crippen MR) is 237 cm³/mol. The topological polar surface area (TPSA) is 300 Å². The zero-order chi connectivity index (χ0) is 46.8. The summed E-state index contributed by atoms with van der Waals surface area (Å²) < 4.78 is 61.9. The minimum absolute atomic E-state index is 0. The van der Waals surface area contributed by atoms with Crippen LogP contribution in [-0.2, 0) is 28.9 Å². The zero-order valence-corrected chi connectivity index (χ0v) is 45.9. The normalized spacial score (nSPS) is 11.4. The zero-order valence-electron chi connectivity index (χ0n) is 37.4. The van der Waals surface area contributed by atoms with Crippen LogP contribution >= 0.6 is 24.1 Å². The number of benzene rings is 7. The summed E-state index contributed by atoms with van der Waals surface area (Å²) in [6, 6.07) is 28.9. The van der Waals surface area contributed by atoms with Gasteiger partial charge in [0, 0.05) is 39.2 Å². The molecule has 0 aliphatic rings. The van der Waals surface area contributed by atoms with Crippen LogP contribution in [0.4, 0.5) is 45.5 Å². The summed E-state index contributed by atoms with van der Waals surface area (Å²) in [7, 11) is -2.08. The average Bonchev–Trinajstić information content (AvgIpc) is 3.31. The number of ether oxygens (including phenoxy) is 3. The maximum Gasteiger partial charge on any atom is 1.00 e. The van der Waals surface area contributed by atoms with Gasteiger partial charge in [-0.05, 0) is 114 Å². The Labute approximate surface area is 468 Å². The van der Waals surface area contributed by atoms with Crippen molar-refractivity contribution in [3.8, 4) is 23.0 Å². The Morgan fingerprint density at radius 1 is 0.667 bits per heavy atom. The number of aryl methyl sites for hydroxylation is 1. The molecule has 0 amide bonds. The SMILES string of the molecule is COc1cc(N=Nc2cc(OC)c(N=Nc3c(SOO[O-])cc4cc(NCOc5ccc(N)cc5)ccc4c3O)cc2C)ccc1N=Nc1ccc2cc(SOO[O-])cc(S(=O)(=O)[O-])c2c1.[Na+].[Na+].[Na+]. The van der Waals surface area contributed by atoms with Crippen LogP contribution in [-0.4, -0.2) is 39.0 Å². The first-order valence-electron chi connectivity index (χ1n) is 18.8. The molecule has 0 aliphatic heterocycles. The van der Waals surface area contributed by atoms with Crippen LogP contribution < -0.4 is 124 Å². The van der Waals surface area contributed by atoms with Gasteiger partial charge in [0.05, 0.1) is 65.2 Å². The molecule has 0 bridgehead atoms. The second kappa shape index (κ2) is 27.0. The summed E-state index contributed by atoms with van der Waals surface area (Å²) in [6.45, 7) is 1.92. The molecule has 0 heterocycles. The number of azo groups is 3. The van der Waals surface area contributed by atoms with Crippen LogP contribution in [0.15, 0.2) is 155 Å². The van der Waals surface area contributed by atoms with Crippen LogP contribution in [0.25, 0.3) is 21.5 Å². The van der Waals surface area contributed by atoms with Crippen molar-refractivity contribution in [2.45, 2.75) is 21.6 Å². The molecule has 0 spiro atoms. The van der Waals surface area contributed by atoms with Crippen molar-refractivity contribution in [3.05, 3.63) is 115 Å². The second-order valence-electron chi connectivity index (χ2n) is 13.5. The van der Waals surface area contributed by atoms with E-state index in [0.717, 1.165) is 6.07 Å². The fourth-order valence-corrected chi connectivity index (χ4v) is 7.98. The van der Waals surface area contributed by atoms with Crippen molar-refractivity contribution in [2.75, 3.05) is 32.0 Å². The molecule has 7 rings (SSSR count). The van der Waals surface area contributed by atoms with E-state index in [1.54, 1.807) is 91.9 Å². The standard InChI is InChI=1S/C42H36N8O13S3.3Na/c1-23-14-36(49-50-41-39(65-63-61-53)17-25-15-27(8-12-32(25)42(41)51)44-22-59-30-10-5-26(43)6-11-30)38(58-3)21-35(23)48-46-29-9-13-34(37(19-29)57-2)47-45-28-7-4-24-16-31(64-62-60-52)20-40(33(24)18-28)66(54,55)56;;;/h4-21,44,51-53H,22,43H2,1-3H3,(H,54,55,56);;;/q;3*+1/p-3. The van der Waals surface area contributed by atoms with E-state index in [1.807, 2.05) is 0 Å². The van der Waals surface area contributed by atoms with Gasteiger partial charge in [-0.1, -0.05) is 6.07 Å². The maximum atomic E-state index is 12.1. The van der Waals surface area contributed by atoms with Gasteiger partial charge >= 0.3 is 88.7 Å². The third-order valence-electron chi connectivity index (χ3n) is 9.36. The molecule has 21 nitrogen and oxygen atoms in total. The smallest absolute Gasteiger partial charge is 0.744 e. The number of nitrogens with two attached hydrogens (primary N) is 1. The van der Waals surface area contributed by atoms with Crippen molar-refractivity contribution >= 4 is 101 Å². The molecule has 4 N–H and O–H groups in total. The Morgan fingerprint density at radius 2 is 1.32 bits per heavy atom. The van der Waals surface area contributed by atoms with Gasteiger partial charge in [0.1, 0.15) is 44.4 Å². The average molecular weight is 1020 g/mol. The largest absolute Gasteiger partial charge is 1.00 e. The van der Waals surface area contributed by atoms with Gasteiger partial charge in [0.2, 0.25) is 0 Å². The summed E-state index contributed by atoms with van der Waals surface area (Å²) in [6.07, 6.45) is 0. The molecule has 0 fully saturated rings. The third kappa shape index (κ3) is 15.0. The molecular weight excluding hydrogens is 990 g/mol. The number of hydrogen-bond acceptors (Lipinski definition) is 23. The van der Waals surface area contributed by atoms with Gasteiger partial charge < -0.3 is 45.4 Å². The van der Waals surface area contributed by atoms with E-state index < -0.39 is 15.0 Å². The number of anilines is 2. The number of phenols is 1. The third-order valence-corrected chi connectivity index (χ3v) is 11.4. The molecule has 0 saturated carbocycles. The molecular formula is C42H33N8Na3O13S3. The van der Waals surface area contributed by atoms with Crippen LogP contribution in [0.2, 0.25) is 0 Å². The van der Waals surface area contributed by atoms with E-state index in [9.17, 15) is 28.6 Å². The number of methoxy groups -OCH3 is 2. The Balaban J connectivity index is 0.00000346. The molecule has 340 valence electrons. The molecule has 0 radical (unpaired) electrons. The summed E-state index contributed by atoms with van der Waals surface area (Å²) >= 11 is 0.983. The van der Waals surface area contributed by atoms with Gasteiger partial charge in [-0.3, -0.25) is 10.1 Å². The fourth-order valence-electron chi connectivity index (χ4n) is 6.24. The van der Waals surface area contributed by atoms with Gasteiger partial charge in [-0.25, -0.2) is 8.42 Å². The van der Waals surface area contributed by atoms with Crippen molar-refractivity contribution in [2.24, 2.45) is 30.7 Å². The van der Waals surface area contributed by atoms with Gasteiger partial charge in [0.25, 0.3) is 0 Å². The number of fused-ring (bicyclic) bond motifs is 2.